The number of cyclic esters (lactones) is 1. The Morgan fingerprint density at radius 2 is 2.20 bits per heavy atom. The monoisotopic (exact) mass is 206 g/mol. The Kier molecular flexibility index (Phi) is 1.65. The lowest BCUT2D eigenvalue weighted by molar-refractivity contribution is 0.0298. The first-order chi connectivity index (χ1) is 7.25. The molecule has 0 N–H and O–H groups in total. The molecule has 2 aliphatic rings. The second-order valence-corrected chi connectivity index (χ2v) is 3.75. The molecule has 0 aliphatic carbocycles. The molecule has 4 heteroatoms. The van der Waals surface area contributed by atoms with Gasteiger partial charge in [-0.2, -0.15) is 0 Å². The molecule has 1 atom stereocenters. The third-order valence-corrected chi connectivity index (χ3v) is 2.66. The van der Waals surface area contributed by atoms with Gasteiger partial charge in [0.15, 0.2) is 11.5 Å². The first kappa shape index (κ1) is 8.59. The number of hydrogen-bond acceptors (Lipinski definition) is 4. The van der Waals surface area contributed by atoms with Crippen molar-refractivity contribution in [3.05, 3.63) is 23.3 Å². The van der Waals surface area contributed by atoms with Gasteiger partial charge >= 0.3 is 5.97 Å². The number of fused-ring (bicyclic) bond motifs is 3. The maximum absolute atomic E-state index is 11.6. The Morgan fingerprint density at radius 3 is 3.07 bits per heavy atom. The maximum Gasteiger partial charge on any atom is 0.338 e. The summed E-state index contributed by atoms with van der Waals surface area (Å²) in [5, 5.41) is 0. The second-order valence-electron chi connectivity index (χ2n) is 3.75. The summed E-state index contributed by atoms with van der Waals surface area (Å²) < 4.78 is 15.8. The van der Waals surface area contributed by atoms with Crippen LogP contribution in [-0.2, 0) is 11.2 Å². The summed E-state index contributed by atoms with van der Waals surface area (Å²) in [5.74, 6) is 1.15. The molecule has 15 heavy (non-hydrogen) atoms. The quantitative estimate of drug-likeness (QED) is 0.603. The van der Waals surface area contributed by atoms with Crippen LogP contribution < -0.4 is 9.47 Å². The zero-order chi connectivity index (χ0) is 10.4. The van der Waals surface area contributed by atoms with Crippen LogP contribution in [0.1, 0.15) is 22.8 Å². The minimum Gasteiger partial charge on any atom is -0.459 e. The van der Waals surface area contributed by atoms with Gasteiger partial charge in [0, 0.05) is 12.0 Å². The van der Waals surface area contributed by atoms with E-state index in [1.165, 1.54) is 0 Å². The summed E-state index contributed by atoms with van der Waals surface area (Å²) in [5.41, 5.74) is 1.51. The molecule has 3 rings (SSSR count). The Labute approximate surface area is 86.7 Å². The van der Waals surface area contributed by atoms with E-state index in [4.69, 9.17) is 14.2 Å². The van der Waals surface area contributed by atoms with E-state index in [0.29, 0.717) is 17.7 Å². The van der Waals surface area contributed by atoms with Gasteiger partial charge in [0.05, 0.1) is 5.56 Å². The van der Waals surface area contributed by atoms with E-state index in [1.807, 2.05) is 6.92 Å². The molecule has 0 fully saturated rings. The van der Waals surface area contributed by atoms with E-state index in [2.05, 4.69) is 0 Å². The topological polar surface area (TPSA) is 44.8 Å². The Bertz CT molecular complexity index is 438. The van der Waals surface area contributed by atoms with E-state index < -0.39 is 0 Å². The summed E-state index contributed by atoms with van der Waals surface area (Å²) in [4.78, 5) is 11.6. The van der Waals surface area contributed by atoms with E-state index in [0.717, 1.165) is 11.3 Å². The van der Waals surface area contributed by atoms with Crippen molar-refractivity contribution in [1.82, 2.24) is 0 Å². The van der Waals surface area contributed by atoms with Crippen molar-refractivity contribution in [3.8, 4) is 11.5 Å². The van der Waals surface area contributed by atoms with E-state index in [9.17, 15) is 4.79 Å². The Balaban J connectivity index is 2.18. The van der Waals surface area contributed by atoms with Gasteiger partial charge in [-0.25, -0.2) is 4.79 Å². The molecule has 4 nitrogen and oxygen atoms in total. The number of hydrogen-bond donors (Lipinski definition) is 0. The summed E-state index contributed by atoms with van der Waals surface area (Å²) in [6.07, 6.45) is 0.592. The molecule has 1 unspecified atom stereocenters. The molecule has 78 valence electrons. The van der Waals surface area contributed by atoms with E-state index in [1.54, 1.807) is 12.1 Å². The van der Waals surface area contributed by atoms with Gasteiger partial charge in [0.2, 0.25) is 6.79 Å². The van der Waals surface area contributed by atoms with Crippen LogP contribution in [0.3, 0.4) is 0 Å². The van der Waals surface area contributed by atoms with Crippen molar-refractivity contribution in [2.45, 2.75) is 19.4 Å². The highest BCUT2D eigenvalue weighted by atomic mass is 16.7. The first-order valence-corrected chi connectivity index (χ1v) is 4.88. The fraction of sp³-hybridized carbons (Fsp3) is 0.364. The zero-order valence-corrected chi connectivity index (χ0v) is 8.28. The molecular weight excluding hydrogens is 196 g/mol. The summed E-state index contributed by atoms with van der Waals surface area (Å²) >= 11 is 0. The van der Waals surface area contributed by atoms with Gasteiger partial charge in [-0.15, -0.1) is 0 Å². The van der Waals surface area contributed by atoms with Gasteiger partial charge in [-0.3, -0.25) is 0 Å². The Morgan fingerprint density at radius 1 is 1.33 bits per heavy atom. The van der Waals surface area contributed by atoms with Crippen LogP contribution in [0.5, 0.6) is 11.5 Å². The highest BCUT2D eigenvalue weighted by Gasteiger charge is 2.30. The smallest absolute Gasteiger partial charge is 0.338 e. The highest BCUT2D eigenvalue weighted by molar-refractivity contribution is 5.93. The van der Waals surface area contributed by atoms with Gasteiger partial charge in [-0.1, -0.05) is 0 Å². The average Bonchev–Trinajstić information content (AvgIpc) is 2.65. The van der Waals surface area contributed by atoms with E-state index >= 15 is 0 Å². The number of rotatable bonds is 0. The lowest BCUT2D eigenvalue weighted by Gasteiger charge is -2.22. The largest absolute Gasteiger partial charge is 0.459 e. The first-order valence-electron chi connectivity index (χ1n) is 4.88. The fourth-order valence-corrected chi connectivity index (χ4v) is 2.00. The lowest BCUT2D eigenvalue weighted by atomic mass is 9.98. The fourth-order valence-electron chi connectivity index (χ4n) is 2.00. The summed E-state index contributed by atoms with van der Waals surface area (Å²) in [7, 11) is 0. The van der Waals surface area contributed by atoms with Crippen LogP contribution in [0.2, 0.25) is 0 Å². The van der Waals surface area contributed by atoms with Crippen LogP contribution in [0, 0.1) is 0 Å². The highest BCUT2D eigenvalue weighted by Crippen LogP contribution is 2.40. The van der Waals surface area contributed by atoms with Crippen molar-refractivity contribution in [3.63, 3.8) is 0 Å². The molecule has 0 aromatic heterocycles. The number of carbonyl (C=O) groups excluding carboxylic acids is 1. The molecule has 0 saturated carbocycles. The van der Waals surface area contributed by atoms with Crippen molar-refractivity contribution >= 4 is 5.97 Å². The van der Waals surface area contributed by atoms with Gasteiger partial charge in [-0.05, 0) is 19.1 Å². The normalized spacial score (nSPS) is 22.2. The van der Waals surface area contributed by atoms with Crippen LogP contribution in [0.15, 0.2) is 12.1 Å². The van der Waals surface area contributed by atoms with E-state index in [-0.39, 0.29) is 18.9 Å². The minimum absolute atomic E-state index is 0.0966. The molecule has 0 saturated heterocycles. The molecule has 2 aliphatic heterocycles. The molecule has 0 bridgehead atoms. The number of carbonyl (C=O) groups is 1. The van der Waals surface area contributed by atoms with Gasteiger partial charge in [0.1, 0.15) is 6.10 Å². The van der Waals surface area contributed by atoms with Crippen LogP contribution in [0.4, 0.5) is 0 Å². The third kappa shape index (κ3) is 1.17. The molecular formula is C11H10O4. The number of benzene rings is 1. The predicted molar refractivity (Wildman–Crippen MR) is 51.1 cm³/mol. The molecule has 1 aromatic carbocycles. The molecule has 0 radical (unpaired) electrons. The molecule has 0 spiro atoms. The van der Waals surface area contributed by atoms with Crippen LogP contribution in [-0.4, -0.2) is 18.9 Å². The molecule has 1 aromatic rings. The van der Waals surface area contributed by atoms with Gasteiger partial charge in [0.25, 0.3) is 0 Å². The maximum atomic E-state index is 11.6. The molecule has 0 amide bonds. The SMILES string of the molecule is CC1Cc2c(ccc3c2OCO3)C(=O)O1. The average molecular weight is 206 g/mol. The van der Waals surface area contributed by atoms with Crippen molar-refractivity contribution in [1.29, 1.82) is 0 Å². The van der Waals surface area contributed by atoms with Crippen molar-refractivity contribution in [2.75, 3.05) is 6.79 Å². The van der Waals surface area contributed by atoms with Gasteiger partial charge < -0.3 is 14.2 Å². The van der Waals surface area contributed by atoms with Crippen LogP contribution >= 0.6 is 0 Å². The lowest BCUT2D eigenvalue weighted by Crippen LogP contribution is -2.25. The van der Waals surface area contributed by atoms with Crippen molar-refractivity contribution in [2.24, 2.45) is 0 Å². The minimum atomic E-state index is -0.276. The third-order valence-electron chi connectivity index (χ3n) is 2.66. The number of esters is 1. The molecule has 2 heterocycles. The zero-order valence-electron chi connectivity index (χ0n) is 8.28. The Hall–Kier alpha value is -1.71. The van der Waals surface area contributed by atoms with Crippen LogP contribution in [0.25, 0.3) is 0 Å². The predicted octanol–water partition coefficient (Wildman–Crippen LogP) is 1.52. The standard InChI is InChI=1S/C11H10O4/c1-6-4-8-7(11(12)15-6)2-3-9-10(8)14-5-13-9/h2-3,6H,4-5H2,1H3. The number of ether oxygens (including phenoxy) is 3. The summed E-state index contributed by atoms with van der Waals surface area (Å²) in [6.45, 7) is 2.10. The second kappa shape index (κ2) is 2.89. The van der Waals surface area contributed by atoms with Crippen molar-refractivity contribution < 1.29 is 19.0 Å². The summed E-state index contributed by atoms with van der Waals surface area (Å²) in [6, 6.07) is 3.48.